The van der Waals surface area contributed by atoms with E-state index in [2.05, 4.69) is 13.8 Å². The highest BCUT2D eigenvalue weighted by Crippen LogP contribution is 2.12. The lowest BCUT2D eigenvalue weighted by Gasteiger charge is -2.19. The molecule has 0 saturated carbocycles. The minimum absolute atomic E-state index is 0.0632. The fourth-order valence-electron chi connectivity index (χ4n) is 1.44. The Bertz CT molecular complexity index is 410. The third-order valence-electron chi connectivity index (χ3n) is 2.66. The number of carbonyl (C=O) groups excluding carboxylic acids is 1. The molecule has 1 atom stereocenters. The third kappa shape index (κ3) is 3.34. The van der Waals surface area contributed by atoms with Crippen LogP contribution in [-0.4, -0.2) is 35.5 Å². The predicted octanol–water partition coefficient (Wildman–Crippen LogP) is 2.10. The molecule has 94 valence electrons. The van der Waals surface area contributed by atoms with Crippen molar-refractivity contribution in [3.05, 3.63) is 23.7 Å². The van der Waals surface area contributed by atoms with Crippen molar-refractivity contribution in [2.45, 2.75) is 20.3 Å². The van der Waals surface area contributed by atoms with E-state index < -0.39 is 5.97 Å². The Morgan fingerprint density at radius 3 is 2.47 bits per heavy atom. The first-order valence-electron chi connectivity index (χ1n) is 5.54. The van der Waals surface area contributed by atoms with E-state index in [4.69, 9.17) is 9.52 Å². The quantitative estimate of drug-likeness (QED) is 0.854. The van der Waals surface area contributed by atoms with Gasteiger partial charge in [-0.3, -0.25) is 4.79 Å². The lowest BCUT2D eigenvalue weighted by molar-refractivity contribution is 0.0652. The average Bonchev–Trinajstić information content (AvgIpc) is 2.77. The fourth-order valence-corrected chi connectivity index (χ4v) is 1.44. The van der Waals surface area contributed by atoms with Gasteiger partial charge in [0, 0.05) is 13.6 Å². The molecule has 1 rings (SSSR count). The summed E-state index contributed by atoms with van der Waals surface area (Å²) in [6.07, 6.45) is 0.982. The van der Waals surface area contributed by atoms with Gasteiger partial charge in [-0.1, -0.05) is 20.3 Å². The zero-order valence-corrected chi connectivity index (χ0v) is 10.3. The molecule has 1 amide bonds. The monoisotopic (exact) mass is 239 g/mol. The van der Waals surface area contributed by atoms with Gasteiger partial charge in [0.15, 0.2) is 5.76 Å². The van der Waals surface area contributed by atoms with Crippen molar-refractivity contribution in [1.29, 1.82) is 0 Å². The molecule has 1 aromatic heterocycles. The second kappa shape index (κ2) is 5.52. The molecule has 0 aliphatic rings. The van der Waals surface area contributed by atoms with Crippen LogP contribution in [-0.2, 0) is 0 Å². The summed E-state index contributed by atoms with van der Waals surface area (Å²) in [5.41, 5.74) is 0. The number of hydrogen-bond donors (Lipinski definition) is 1. The van der Waals surface area contributed by atoms with Crippen molar-refractivity contribution < 1.29 is 19.1 Å². The highest BCUT2D eigenvalue weighted by atomic mass is 16.4. The van der Waals surface area contributed by atoms with Crippen LogP contribution in [0.3, 0.4) is 0 Å². The standard InChI is InChI=1S/C12H17NO4/c1-4-8(2)7-13(3)11(14)9-5-6-10(17-9)12(15)16/h5-6,8H,4,7H2,1-3H3,(H,15,16). The zero-order chi connectivity index (χ0) is 13.0. The first-order chi connectivity index (χ1) is 7.95. The highest BCUT2D eigenvalue weighted by Gasteiger charge is 2.19. The number of hydrogen-bond acceptors (Lipinski definition) is 3. The van der Waals surface area contributed by atoms with Crippen molar-refractivity contribution in [2.24, 2.45) is 5.92 Å². The molecule has 0 aliphatic carbocycles. The van der Waals surface area contributed by atoms with Crippen LogP contribution in [0.5, 0.6) is 0 Å². The summed E-state index contributed by atoms with van der Waals surface area (Å²) < 4.78 is 4.95. The number of aromatic carboxylic acids is 1. The minimum Gasteiger partial charge on any atom is -0.475 e. The van der Waals surface area contributed by atoms with Crippen LogP contribution >= 0.6 is 0 Å². The number of amides is 1. The number of rotatable bonds is 5. The first kappa shape index (κ1) is 13.3. The number of carboxylic acids is 1. The molecule has 0 bridgehead atoms. The van der Waals surface area contributed by atoms with E-state index in [1.54, 1.807) is 11.9 Å². The second-order valence-electron chi connectivity index (χ2n) is 4.17. The molecule has 0 radical (unpaired) electrons. The van der Waals surface area contributed by atoms with Crippen molar-refractivity contribution in [1.82, 2.24) is 4.90 Å². The van der Waals surface area contributed by atoms with Crippen molar-refractivity contribution in [3.8, 4) is 0 Å². The molecule has 5 heteroatoms. The summed E-state index contributed by atoms with van der Waals surface area (Å²) in [7, 11) is 1.68. The van der Waals surface area contributed by atoms with Gasteiger partial charge < -0.3 is 14.4 Å². The van der Waals surface area contributed by atoms with Crippen LogP contribution in [0.2, 0.25) is 0 Å². The Morgan fingerprint density at radius 2 is 2.00 bits per heavy atom. The molecule has 1 N–H and O–H groups in total. The SMILES string of the molecule is CCC(C)CN(C)C(=O)c1ccc(C(=O)O)o1. The maximum absolute atomic E-state index is 11.9. The summed E-state index contributed by atoms with van der Waals surface area (Å²) in [4.78, 5) is 24.0. The van der Waals surface area contributed by atoms with E-state index in [9.17, 15) is 9.59 Å². The molecule has 1 unspecified atom stereocenters. The molecular formula is C12H17NO4. The van der Waals surface area contributed by atoms with Gasteiger partial charge in [-0.05, 0) is 18.1 Å². The Labute approximate surface area is 100 Å². The minimum atomic E-state index is -1.17. The van der Waals surface area contributed by atoms with Gasteiger partial charge in [-0.15, -0.1) is 0 Å². The van der Waals surface area contributed by atoms with Crippen molar-refractivity contribution in [3.63, 3.8) is 0 Å². The summed E-state index contributed by atoms with van der Waals surface area (Å²) in [5.74, 6) is -1.22. The Morgan fingerprint density at radius 1 is 1.41 bits per heavy atom. The fraction of sp³-hybridized carbons (Fsp3) is 0.500. The van der Waals surface area contributed by atoms with E-state index in [0.29, 0.717) is 12.5 Å². The van der Waals surface area contributed by atoms with Crippen molar-refractivity contribution in [2.75, 3.05) is 13.6 Å². The maximum atomic E-state index is 11.9. The molecule has 0 fully saturated rings. The summed E-state index contributed by atoms with van der Waals surface area (Å²) >= 11 is 0. The van der Waals surface area contributed by atoms with Crippen LogP contribution in [0.1, 0.15) is 41.4 Å². The van der Waals surface area contributed by atoms with E-state index in [1.165, 1.54) is 12.1 Å². The van der Waals surface area contributed by atoms with Gasteiger partial charge in [-0.25, -0.2) is 4.79 Å². The Kier molecular flexibility index (Phi) is 4.31. The van der Waals surface area contributed by atoms with Crippen LogP contribution in [0.25, 0.3) is 0 Å². The molecule has 1 heterocycles. The number of carboxylic acid groups (broad SMARTS) is 1. The highest BCUT2D eigenvalue weighted by molar-refractivity contribution is 5.93. The molecule has 1 aromatic rings. The number of carbonyl (C=O) groups is 2. The van der Waals surface area contributed by atoms with Crippen LogP contribution in [0, 0.1) is 5.92 Å². The van der Waals surface area contributed by atoms with E-state index in [-0.39, 0.29) is 17.4 Å². The molecular weight excluding hydrogens is 222 g/mol. The van der Waals surface area contributed by atoms with E-state index in [1.807, 2.05) is 0 Å². The second-order valence-corrected chi connectivity index (χ2v) is 4.17. The van der Waals surface area contributed by atoms with Gasteiger partial charge in [0.2, 0.25) is 5.76 Å². The van der Waals surface area contributed by atoms with Gasteiger partial charge in [0.1, 0.15) is 0 Å². The maximum Gasteiger partial charge on any atom is 0.371 e. The van der Waals surface area contributed by atoms with Crippen LogP contribution < -0.4 is 0 Å². The smallest absolute Gasteiger partial charge is 0.371 e. The summed E-state index contributed by atoms with van der Waals surface area (Å²) in [6, 6.07) is 2.67. The molecule has 5 nitrogen and oxygen atoms in total. The molecule has 0 aromatic carbocycles. The van der Waals surface area contributed by atoms with Gasteiger partial charge in [-0.2, -0.15) is 0 Å². The average molecular weight is 239 g/mol. The topological polar surface area (TPSA) is 70.8 Å². The predicted molar refractivity (Wildman–Crippen MR) is 62.1 cm³/mol. The Balaban J connectivity index is 2.71. The normalized spacial score (nSPS) is 12.2. The largest absolute Gasteiger partial charge is 0.475 e. The molecule has 0 spiro atoms. The first-order valence-corrected chi connectivity index (χ1v) is 5.54. The van der Waals surface area contributed by atoms with E-state index >= 15 is 0 Å². The van der Waals surface area contributed by atoms with Gasteiger partial charge in [0.25, 0.3) is 5.91 Å². The molecule has 0 saturated heterocycles. The van der Waals surface area contributed by atoms with E-state index in [0.717, 1.165) is 6.42 Å². The van der Waals surface area contributed by atoms with Gasteiger partial charge in [0.05, 0.1) is 0 Å². The number of furan rings is 1. The third-order valence-corrected chi connectivity index (χ3v) is 2.66. The zero-order valence-electron chi connectivity index (χ0n) is 10.3. The molecule has 17 heavy (non-hydrogen) atoms. The lowest BCUT2D eigenvalue weighted by atomic mass is 10.1. The summed E-state index contributed by atoms with van der Waals surface area (Å²) in [6.45, 7) is 4.73. The Hall–Kier alpha value is -1.78. The van der Waals surface area contributed by atoms with Crippen molar-refractivity contribution >= 4 is 11.9 Å². The number of nitrogens with zero attached hydrogens (tertiary/aromatic N) is 1. The van der Waals surface area contributed by atoms with Crippen LogP contribution in [0.15, 0.2) is 16.5 Å². The van der Waals surface area contributed by atoms with Gasteiger partial charge >= 0.3 is 5.97 Å². The summed E-state index contributed by atoms with van der Waals surface area (Å²) in [5, 5.41) is 8.68. The van der Waals surface area contributed by atoms with Crippen LogP contribution in [0.4, 0.5) is 0 Å². The lowest BCUT2D eigenvalue weighted by Crippen LogP contribution is -2.30. The molecule has 0 aliphatic heterocycles.